The first kappa shape index (κ1) is 16.6. The zero-order valence-electron chi connectivity index (χ0n) is 15.5. The van der Waals surface area contributed by atoms with Crippen LogP contribution in [0, 0.1) is 0 Å². The maximum absolute atomic E-state index is 4.87. The zero-order chi connectivity index (χ0) is 18.7. The Bertz CT molecular complexity index is 1180. The summed E-state index contributed by atoms with van der Waals surface area (Å²) in [4.78, 5) is 0. The van der Waals surface area contributed by atoms with Gasteiger partial charge in [0.25, 0.3) is 0 Å². The van der Waals surface area contributed by atoms with Gasteiger partial charge in [0.2, 0.25) is 0 Å². The number of nitrogens with two attached hydrogens (primary N) is 1. The third-order valence-corrected chi connectivity index (χ3v) is 7.92. The van der Waals surface area contributed by atoms with E-state index < -0.39 is 0 Å². The molecule has 2 unspecified atom stereocenters. The summed E-state index contributed by atoms with van der Waals surface area (Å²) >= 11 is 0.223. The fraction of sp³-hybridized carbons (Fsp3) is 0.227. The van der Waals surface area contributed by atoms with Gasteiger partial charge in [-0.15, -0.1) is 0 Å². The fourth-order valence-electron chi connectivity index (χ4n) is 3.89. The molecule has 0 bridgehead atoms. The Morgan fingerprint density at radius 1 is 0.964 bits per heavy atom. The summed E-state index contributed by atoms with van der Waals surface area (Å²) < 4.78 is 3.87. The molecule has 0 amide bonds. The Kier molecular flexibility index (Phi) is 3.77. The third kappa shape index (κ3) is 2.74. The van der Waals surface area contributed by atoms with Gasteiger partial charge in [-0.25, -0.2) is 0 Å². The summed E-state index contributed by atoms with van der Waals surface area (Å²) in [5.74, 6) is 0. The minimum absolute atomic E-state index is 0.223. The van der Waals surface area contributed by atoms with Crippen molar-refractivity contribution >= 4 is 11.0 Å². The number of rotatable bonds is 4. The molecule has 2 aliphatic rings. The predicted octanol–water partition coefficient (Wildman–Crippen LogP) is -0.541. The summed E-state index contributed by atoms with van der Waals surface area (Å²) in [5, 5.41) is 17.7. The number of hydrogen-bond donors (Lipinski definition) is 1. The van der Waals surface area contributed by atoms with Crippen LogP contribution < -0.4 is 26.5 Å². The van der Waals surface area contributed by atoms with Gasteiger partial charge in [-0.3, -0.25) is 0 Å². The number of benzene rings is 2. The first-order chi connectivity index (χ1) is 13.8. The molecule has 2 atom stereocenters. The van der Waals surface area contributed by atoms with Crippen LogP contribution in [-0.4, -0.2) is 31.0 Å². The van der Waals surface area contributed by atoms with Gasteiger partial charge in [-0.05, 0) is 0 Å². The molecule has 0 aliphatic carbocycles. The van der Waals surface area contributed by atoms with E-state index in [2.05, 4.69) is 64.0 Å². The quantitative estimate of drug-likeness (QED) is 0.242. The molecule has 4 aromatic rings. The summed E-state index contributed by atoms with van der Waals surface area (Å²) in [7, 11) is 1.97. The van der Waals surface area contributed by atoms with Crippen molar-refractivity contribution in [2.24, 2.45) is 7.05 Å². The Hall–Kier alpha value is -2.32. The second-order valence-electron chi connectivity index (χ2n) is 7.48. The molecule has 0 spiro atoms. The number of aromatic nitrogens is 4. The van der Waals surface area contributed by atoms with Crippen LogP contribution in [-0.2, 0) is 7.05 Å². The van der Waals surface area contributed by atoms with Gasteiger partial charge in [0.15, 0.2) is 0 Å². The van der Waals surface area contributed by atoms with Crippen molar-refractivity contribution in [1.29, 1.82) is 0 Å². The van der Waals surface area contributed by atoms with Crippen LogP contribution in [0.2, 0.25) is 0 Å². The van der Waals surface area contributed by atoms with E-state index in [1.165, 1.54) is 33.0 Å². The van der Waals surface area contributed by atoms with Crippen molar-refractivity contribution in [3.8, 4) is 22.5 Å². The molecule has 0 saturated carbocycles. The molecule has 2 aromatic carbocycles. The van der Waals surface area contributed by atoms with Crippen LogP contribution >= 0.6 is 0 Å². The molecule has 140 valence electrons. The first-order valence-electron chi connectivity index (χ1n) is 9.59. The van der Waals surface area contributed by atoms with Crippen molar-refractivity contribution in [2.45, 2.75) is 9.97 Å². The predicted molar refractivity (Wildman–Crippen MR) is 104 cm³/mol. The van der Waals surface area contributed by atoms with E-state index in [-0.39, 0.29) is 21.2 Å². The molecule has 2 fully saturated rings. The fourth-order valence-corrected chi connectivity index (χ4v) is 5.63. The molecular formula is C22H20IN5. The summed E-state index contributed by atoms with van der Waals surface area (Å²) in [6.45, 7) is 1.21. The van der Waals surface area contributed by atoms with Gasteiger partial charge in [-0.2, -0.15) is 0 Å². The van der Waals surface area contributed by atoms with E-state index >= 15 is 0 Å². The maximum atomic E-state index is 4.87. The number of alkyl halides is 2. The Morgan fingerprint density at radius 3 is 2.36 bits per heavy atom. The minimum atomic E-state index is 0.223. The molecule has 4 heterocycles. The number of hydrogen-bond acceptors (Lipinski definition) is 3. The standard InChI is InChI=1S/C22H19IN5/c1-28-22-19(21(27-28)15-9-7-13(8-10-15)17-12-24-17)18(16-11-23-16)20(25-26-22)14-5-3-2-4-6-14/h2-10,16-17,24H,11-12H2,1H3/q-1/p+1. The summed E-state index contributed by atoms with van der Waals surface area (Å²) in [5.41, 5.74) is 8.06. The van der Waals surface area contributed by atoms with Crippen molar-refractivity contribution in [1.82, 2.24) is 20.0 Å². The molecule has 2 saturated heterocycles. The monoisotopic (exact) mass is 481 g/mol. The zero-order valence-corrected chi connectivity index (χ0v) is 17.7. The van der Waals surface area contributed by atoms with E-state index in [9.17, 15) is 0 Å². The van der Waals surface area contributed by atoms with Gasteiger partial charge in [0.1, 0.15) is 0 Å². The van der Waals surface area contributed by atoms with Crippen LogP contribution in [0.5, 0.6) is 0 Å². The molecule has 2 aliphatic heterocycles. The van der Waals surface area contributed by atoms with Crippen LogP contribution in [0.3, 0.4) is 0 Å². The average molecular weight is 481 g/mol. The van der Waals surface area contributed by atoms with Crippen LogP contribution in [0.1, 0.15) is 21.1 Å². The van der Waals surface area contributed by atoms with Crippen molar-refractivity contribution in [2.75, 3.05) is 11.0 Å². The normalized spacial score (nSPS) is 20.8. The first-order valence-corrected chi connectivity index (χ1v) is 12.4. The van der Waals surface area contributed by atoms with Crippen molar-refractivity contribution in [3.63, 3.8) is 0 Å². The van der Waals surface area contributed by atoms with Crippen molar-refractivity contribution in [3.05, 3.63) is 65.7 Å². The molecule has 5 nitrogen and oxygen atoms in total. The molecule has 2 N–H and O–H groups in total. The van der Waals surface area contributed by atoms with Gasteiger partial charge in [-0.1, -0.05) is 0 Å². The van der Waals surface area contributed by atoms with E-state index in [1.54, 1.807) is 0 Å². The number of quaternary nitrogens is 1. The van der Waals surface area contributed by atoms with Gasteiger partial charge < -0.3 is 0 Å². The number of aryl methyl sites for hydroxylation is 1. The molecular weight excluding hydrogens is 461 g/mol. The topological polar surface area (TPSA) is 60.2 Å². The van der Waals surface area contributed by atoms with Crippen LogP contribution in [0.4, 0.5) is 0 Å². The van der Waals surface area contributed by atoms with E-state index in [0.717, 1.165) is 22.6 Å². The average Bonchev–Trinajstić information content (AvgIpc) is 3.66. The summed E-state index contributed by atoms with van der Waals surface area (Å²) in [6.07, 6.45) is 0. The molecule has 2 aromatic heterocycles. The number of halogens is 1. The molecule has 6 rings (SSSR count). The van der Waals surface area contributed by atoms with Gasteiger partial charge >= 0.3 is 174 Å². The van der Waals surface area contributed by atoms with E-state index in [4.69, 9.17) is 5.10 Å². The molecule has 6 heteroatoms. The number of fused-ring (bicyclic) bond motifs is 1. The molecule has 0 radical (unpaired) electrons. The Morgan fingerprint density at radius 2 is 1.68 bits per heavy atom. The third-order valence-electron chi connectivity index (χ3n) is 5.54. The van der Waals surface area contributed by atoms with Gasteiger partial charge in [0.05, 0.1) is 0 Å². The SMILES string of the molecule is Cn1nc(-c2ccc(C3C[NH2+]3)cc2)c2c(C3C[I-]3)c(-c3ccccc3)nnc21. The van der Waals surface area contributed by atoms with E-state index in [1.807, 2.05) is 17.8 Å². The van der Waals surface area contributed by atoms with Gasteiger partial charge in [0, 0.05) is 0 Å². The second-order valence-corrected chi connectivity index (χ2v) is 10.7. The van der Waals surface area contributed by atoms with Crippen LogP contribution in [0.15, 0.2) is 54.6 Å². The molecule has 28 heavy (non-hydrogen) atoms. The van der Waals surface area contributed by atoms with Crippen molar-refractivity contribution < 1.29 is 26.5 Å². The van der Waals surface area contributed by atoms with Crippen LogP contribution in [0.25, 0.3) is 33.5 Å². The Labute approximate surface area is 173 Å². The van der Waals surface area contributed by atoms with E-state index in [0.29, 0.717) is 9.97 Å². The second kappa shape index (κ2) is 6.35. The summed E-state index contributed by atoms with van der Waals surface area (Å²) in [6, 6.07) is 20.1. The number of nitrogens with zero attached hydrogens (tertiary/aromatic N) is 4. The Balaban J connectivity index is 1.59.